The first-order chi connectivity index (χ1) is 11.4. The molecule has 0 fully saturated rings. The fourth-order valence-corrected chi connectivity index (χ4v) is 3.15. The molecule has 0 bridgehead atoms. The summed E-state index contributed by atoms with van der Waals surface area (Å²) in [6, 6.07) is 9.53. The second-order valence-electron chi connectivity index (χ2n) is 5.09. The Labute approximate surface area is 151 Å². The molecule has 1 atom stereocenters. The van der Waals surface area contributed by atoms with Gasteiger partial charge in [-0.25, -0.2) is 4.79 Å². The lowest BCUT2D eigenvalue weighted by molar-refractivity contribution is -0.119. The van der Waals surface area contributed by atoms with Crippen LogP contribution < -0.4 is 11.0 Å². The molecule has 8 heteroatoms. The number of hydrogen-bond donors (Lipinski definition) is 2. The number of nitrogens with zero attached hydrogens (tertiary/aromatic N) is 2. The number of aromatic amines is 1. The van der Waals surface area contributed by atoms with Gasteiger partial charge >= 0.3 is 5.69 Å². The predicted octanol–water partition coefficient (Wildman–Crippen LogP) is 2.68. The highest BCUT2D eigenvalue weighted by Gasteiger charge is 2.14. The molecule has 0 aliphatic heterocycles. The van der Waals surface area contributed by atoms with Crippen molar-refractivity contribution in [2.45, 2.75) is 24.9 Å². The first kappa shape index (κ1) is 18.2. The molecule has 0 aliphatic carbocycles. The second kappa shape index (κ2) is 8.13. The quantitative estimate of drug-likeness (QED) is 0.587. The molecule has 1 aromatic heterocycles. The van der Waals surface area contributed by atoms with Crippen molar-refractivity contribution in [1.29, 1.82) is 5.26 Å². The van der Waals surface area contributed by atoms with Crippen LogP contribution in [0.4, 0.5) is 0 Å². The van der Waals surface area contributed by atoms with Crippen LogP contribution in [-0.4, -0.2) is 21.6 Å². The molecule has 2 rings (SSSR count). The summed E-state index contributed by atoms with van der Waals surface area (Å²) in [6.07, 6.45) is 0. The Balaban J connectivity index is 2.00. The Morgan fingerprint density at radius 3 is 2.75 bits per heavy atom. The van der Waals surface area contributed by atoms with Crippen LogP contribution in [0.1, 0.15) is 29.8 Å². The monoisotopic (exact) mass is 406 g/mol. The first-order valence-electron chi connectivity index (χ1n) is 7.09. The SMILES string of the molecule is Cc1[nH]c(=O)nc(SCC(=O)NC(C)c2ccc(Br)cc2)c1C#N. The summed E-state index contributed by atoms with van der Waals surface area (Å²) in [5.41, 5.74) is 1.19. The number of nitrogens with one attached hydrogen (secondary N) is 2. The summed E-state index contributed by atoms with van der Waals surface area (Å²) in [5, 5.41) is 12.3. The number of rotatable bonds is 5. The minimum atomic E-state index is -0.530. The molecule has 0 aliphatic rings. The Kier molecular flexibility index (Phi) is 6.17. The average molecular weight is 407 g/mol. The van der Waals surface area contributed by atoms with E-state index in [1.807, 2.05) is 37.3 Å². The average Bonchev–Trinajstić information content (AvgIpc) is 2.53. The number of carbonyl (C=O) groups is 1. The molecule has 1 heterocycles. The highest BCUT2D eigenvalue weighted by atomic mass is 79.9. The molecule has 6 nitrogen and oxygen atoms in total. The predicted molar refractivity (Wildman–Crippen MR) is 95.7 cm³/mol. The van der Waals surface area contributed by atoms with E-state index in [2.05, 4.69) is 31.2 Å². The topological polar surface area (TPSA) is 98.6 Å². The van der Waals surface area contributed by atoms with Crippen molar-refractivity contribution >= 4 is 33.6 Å². The second-order valence-corrected chi connectivity index (χ2v) is 6.97. The molecule has 0 saturated heterocycles. The Hall–Kier alpha value is -2.11. The lowest BCUT2D eigenvalue weighted by atomic mass is 10.1. The van der Waals surface area contributed by atoms with Crippen LogP contribution in [0.15, 0.2) is 38.6 Å². The molecule has 124 valence electrons. The third-order valence-electron chi connectivity index (χ3n) is 3.29. The number of thioether (sulfide) groups is 1. The van der Waals surface area contributed by atoms with E-state index in [0.717, 1.165) is 21.8 Å². The maximum absolute atomic E-state index is 12.1. The number of carbonyl (C=O) groups excluding carboxylic acids is 1. The van der Waals surface area contributed by atoms with E-state index in [0.29, 0.717) is 5.69 Å². The molecule has 1 unspecified atom stereocenters. The van der Waals surface area contributed by atoms with Crippen molar-refractivity contribution in [2.75, 3.05) is 5.75 Å². The van der Waals surface area contributed by atoms with Crippen LogP contribution in [0.5, 0.6) is 0 Å². The third-order valence-corrected chi connectivity index (χ3v) is 4.79. The Morgan fingerprint density at radius 2 is 2.12 bits per heavy atom. The molecule has 1 aromatic carbocycles. The van der Waals surface area contributed by atoms with Crippen molar-refractivity contribution < 1.29 is 4.79 Å². The molecule has 2 aromatic rings. The summed E-state index contributed by atoms with van der Waals surface area (Å²) in [7, 11) is 0. The summed E-state index contributed by atoms with van der Waals surface area (Å²) >= 11 is 4.44. The number of nitriles is 1. The number of halogens is 1. The van der Waals surface area contributed by atoms with E-state index in [1.54, 1.807) is 6.92 Å². The zero-order valence-corrected chi connectivity index (χ0v) is 15.5. The fraction of sp³-hybridized carbons (Fsp3) is 0.250. The summed E-state index contributed by atoms with van der Waals surface area (Å²) in [4.78, 5) is 29.8. The number of benzene rings is 1. The first-order valence-corrected chi connectivity index (χ1v) is 8.87. The van der Waals surface area contributed by atoms with E-state index in [4.69, 9.17) is 5.26 Å². The van der Waals surface area contributed by atoms with Gasteiger partial charge in [-0.1, -0.05) is 39.8 Å². The van der Waals surface area contributed by atoms with E-state index in [9.17, 15) is 9.59 Å². The van der Waals surface area contributed by atoms with Gasteiger partial charge in [-0.05, 0) is 31.5 Å². The normalized spacial score (nSPS) is 11.6. The van der Waals surface area contributed by atoms with Gasteiger partial charge in [0.2, 0.25) is 5.91 Å². The van der Waals surface area contributed by atoms with Crippen LogP contribution in [-0.2, 0) is 4.79 Å². The number of aryl methyl sites for hydroxylation is 1. The molecular formula is C16H15BrN4O2S. The van der Waals surface area contributed by atoms with Gasteiger partial charge in [0.05, 0.1) is 11.8 Å². The molecule has 2 N–H and O–H groups in total. The van der Waals surface area contributed by atoms with E-state index in [1.165, 1.54) is 0 Å². The highest BCUT2D eigenvalue weighted by molar-refractivity contribution is 9.10. The van der Waals surface area contributed by atoms with Crippen molar-refractivity contribution in [2.24, 2.45) is 0 Å². The van der Waals surface area contributed by atoms with Gasteiger partial charge in [0.15, 0.2) is 0 Å². The van der Waals surface area contributed by atoms with Crippen LogP contribution in [0.2, 0.25) is 0 Å². The van der Waals surface area contributed by atoms with Crippen LogP contribution >= 0.6 is 27.7 Å². The van der Waals surface area contributed by atoms with E-state index >= 15 is 0 Å². The van der Waals surface area contributed by atoms with Gasteiger partial charge in [0, 0.05) is 10.2 Å². The van der Waals surface area contributed by atoms with Crippen molar-refractivity contribution in [3.05, 3.63) is 56.0 Å². The number of hydrogen-bond acceptors (Lipinski definition) is 5. The lowest BCUT2D eigenvalue weighted by Crippen LogP contribution is -2.28. The smallest absolute Gasteiger partial charge is 0.346 e. The van der Waals surface area contributed by atoms with Crippen molar-refractivity contribution in [3.63, 3.8) is 0 Å². The molecule has 0 saturated carbocycles. The number of aromatic nitrogens is 2. The van der Waals surface area contributed by atoms with E-state index < -0.39 is 5.69 Å². The van der Waals surface area contributed by atoms with Gasteiger partial charge in [-0.15, -0.1) is 0 Å². The standard InChI is InChI=1S/C16H15BrN4O2S/c1-9(11-3-5-12(17)6-4-11)19-14(22)8-24-15-13(7-18)10(2)20-16(23)21-15/h3-6,9H,8H2,1-2H3,(H,19,22)(H,20,21,23). The summed E-state index contributed by atoms with van der Waals surface area (Å²) < 4.78 is 0.972. The third kappa shape index (κ3) is 4.69. The lowest BCUT2D eigenvalue weighted by Gasteiger charge is -2.14. The molecule has 0 radical (unpaired) electrons. The summed E-state index contributed by atoms with van der Waals surface area (Å²) in [6.45, 7) is 3.52. The Morgan fingerprint density at radius 1 is 1.46 bits per heavy atom. The Bertz CT molecular complexity index is 843. The van der Waals surface area contributed by atoms with E-state index in [-0.39, 0.29) is 28.3 Å². The van der Waals surface area contributed by atoms with Crippen LogP contribution in [0.3, 0.4) is 0 Å². The molecule has 0 spiro atoms. The van der Waals surface area contributed by atoms with Gasteiger partial charge < -0.3 is 10.3 Å². The van der Waals surface area contributed by atoms with Crippen molar-refractivity contribution in [1.82, 2.24) is 15.3 Å². The number of H-pyrrole nitrogens is 1. The number of amides is 1. The minimum absolute atomic E-state index is 0.0748. The maximum atomic E-state index is 12.1. The van der Waals surface area contributed by atoms with Gasteiger partial charge in [-0.2, -0.15) is 10.2 Å². The summed E-state index contributed by atoms with van der Waals surface area (Å²) in [5.74, 6) is -0.120. The highest BCUT2D eigenvalue weighted by Crippen LogP contribution is 2.21. The fourth-order valence-electron chi connectivity index (χ4n) is 2.05. The minimum Gasteiger partial charge on any atom is -0.349 e. The van der Waals surface area contributed by atoms with Crippen LogP contribution in [0, 0.1) is 18.3 Å². The van der Waals surface area contributed by atoms with Crippen molar-refractivity contribution in [3.8, 4) is 6.07 Å². The zero-order valence-electron chi connectivity index (χ0n) is 13.1. The van der Waals surface area contributed by atoms with Gasteiger partial charge in [0.1, 0.15) is 16.7 Å². The molecule has 24 heavy (non-hydrogen) atoms. The molecular weight excluding hydrogens is 392 g/mol. The maximum Gasteiger partial charge on any atom is 0.346 e. The molecule has 1 amide bonds. The largest absolute Gasteiger partial charge is 0.349 e. The van der Waals surface area contributed by atoms with Crippen LogP contribution in [0.25, 0.3) is 0 Å². The zero-order chi connectivity index (χ0) is 17.7. The van der Waals surface area contributed by atoms with Gasteiger partial charge in [0.25, 0.3) is 0 Å². The van der Waals surface area contributed by atoms with Gasteiger partial charge in [-0.3, -0.25) is 4.79 Å².